The van der Waals surface area contributed by atoms with Crippen molar-refractivity contribution in [1.82, 2.24) is 0 Å². The van der Waals surface area contributed by atoms with Crippen molar-refractivity contribution in [2.75, 3.05) is 0 Å². The fourth-order valence-electron chi connectivity index (χ4n) is 5.63. The van der Waals surface area contributed by atoms with E-state index in [4.69, 9.17) is 9.47 Å². The highest BCUT2D eigenvalue weighted by atomic mass is 79.9. The van der Waals surface area contributed by atoms with Crippen LogP contribution in [0.25, 0.3) is 0 Å². The van der Waals surface area contributed by atoms with Crippen molar-refractivity contribution in [2.45, 2.75) is 77.4 Å². The van der Waals surface area contributed by atoms with Gasteiger partial charge in [0.2, 0.25) is 0 Å². The van der Waals surface area contributed by atoms with E-state index in [1.165, 1.54) is 5.57 Å². The number of halogens is 1. The zero-order chi connectivity index (χ0) is 23.1. The van der Waals surface area contributed by atoms with E-state index >= 15 is 0 Å². The number of hydrogen-bond donors (Lipinski definition) is 0. The monoisotopic (exact) mass is 500 g/mol. The molecule has 1 aromatic rings. The van der Waals surface area contributed by atoms with Crippen molar-refractivity contribution in [1.29, 1.82) is 0 Å². The molecule has 1 saturated heterocycles. The Morgan fingerprint density at radius 1 is 1.19 bits per heavy atom. The molecule has 0 aromatic heterocycles. The summed E-state index contributed by atoms with van der Waals surface area (Å²) in [7, 11) is 0. The van der Waals surface area contributed by atoms with Crippen molar-refractivity contribution in [3.63, 3.8) is 0 Å². The molecule has 0 radical (unpaired) electrons. The standard InChI is InChI=1S/C27H33BrO4/c1-17-7-8-21-16-23(31-24(29)20-9-11-22(28)12-10-20)27(4)14-5-6-19(25(30)32-27)13-15-26(17,3)18(21)2/h6,9-12,17,21,23H,2,5,7-8,13-16H2,1,3-4H3. The van der Waals surface area contributed by atoms with Gasteiger partial charge in [0.05, 0.1) is 5.56 Å². The lowest BCUT2D eigenvalue weighted by atomic mass is 9.58. The number of ether oxygens (including phenoxy) is 2. The number of benzene rings is 1. The lowest BCUT2D eigenvalue weighted by Gasteiger charge is -2.47. The first kappa shape index (κ1) is 23.3. The molecule has 2 aliphatic heterocycles. The van der Waals surface area contributed by atoms with E-state index in [2.05, 4.69) is 36.4 Å². The third kappa shape index (κ3) is 4.33. The molecule has 4 bridgehead atoms. The van der Waals surface area contributed by atoms with Gasteiger partial charge in [-0.15, -0.1) is 0 Å². The van der Waals surface area contributed by atoms with E-state index in [9.17, 15) is 9.59 Å². The summed E-state index contributed by atoms with van der Waals surface area (Å²) in [6.45, 7) is 11.1. The first-order chi connectivity index (χ1) is 15.1. The minimum Gasteiger partial charge on any atom is -0.455 e. The van der Waals surface area contributed by atoms with Gasteiger partial charge in [-0.3, -0.25) is 0 Å². The van der Waals surface area contributed by atoms with E-state index in [0.717, 1.165) is 35.7 Å². The molecule has 1 aliphatic carbocycles. The van der Waals surface area contributed by atoms with Gasteiger partial charge in [0.1, 0.15) is 11.7 Å². The highest BCUT2D eigenvalue weighted by Gasteiger charge is 2.48. The SMILES string of the molecule is C=C1C2CCC(C)C1(C)CCC1=CCCC(C)(OC1=O)C(OC(=O)c1ccc(Br)cc1)C2. The molecule has 5 atom stereocenters. The molecule has 5 heteroatoms. The maximum atomic E-state index is 13.1. The van der Waals surface area contributed by atoms with Crippen LogP contribution in [-0.4, -0.2) is 23.6 Å². The van der Waals surface area contributed by atoms with Crippen LogP contribution >= 0.6 is 15.9 Å². The molecule has 4 nitrogen and oxygen atoms in total. The summed E-state index contributed by atoms with van der Waals surface area (Å²) in [6.07, 6.45) is 7.22. The van der Waals surface area contributed by atoms with Gasteiger partial charge in [0.25, 0.3) is 0 Å². The van der Waals surface area contributed by atoms with Crippen LogP contribution in [-0.2, 0) is 14.3 Å². The summed E-state index contributed by atoms with van der Waals surface area (Å²) in [5.74, 6) is 0.0851. The fraction of sp³-hybridized carbons (Fsp3) is 0.556. The average molecular weight is 501 g/mol. The first-order valence-electron chi connectivity index (χ1n) is 11.7. The lowest BCUT2D eigenvalue weighted by Crippen LogP contribution is -2.47. The number of fused-ring (bicyclic) bond motifs is 5. The molecule has 172 valence electrons. The Bertz CT molecular complexity index is 949. The Morgan fingerprint density at radius 2 is 1.91 bits per heavy atom. The second kappa shape index (κ2) is 8.81. The quantitative estimate of drug-likeness (QED) is 0.331. The number of allylic oxidation sites excluding steroid dienone is 2. The Balaban J connectivity index is 1.70. The van der Waals surface area contributed by atoms with Gasteiger partial charge < -0.3 is 9.47 Å². The van der Waals surface area contributed by atoms with Gasteiger partial charge in [0.15, 0.2) is 0 Å². The molecule has 0 N–H and O–H groups in total. The molecule has 4 rings (SSSR count). The molecule has 0 spiro atoms. The summed E-state index contributed by atoms with van der Waals surface area (Å²) in [4.78, 5) is 26.2. The molecule has 1 saturated carbocycles. The van der Waals surface area contributed by atoms with Crippen molar-refractivity contribution in [2.24, 2.45) is 17.3 Å². The molecule has 2 heterocycles. The Labute approximate surface area is 199 Å². The summed E-state index contributed by atoms with van der Waals surface area (Å²) < 4.78 is 13.1. The van der Waals surface area contributed by atoms with Crippen LogP contribution in [0.4, 0.5) is 0 Å². The summed E-state index contributed by atoms with van der Waals surface area (Å²) in [5.41, 5.74) is 1.56. The minimum atomic E-state index is -0.871. The zero-order valence-corrected chi connectivity index (χ0v) is 20.9. The van der Waals surface area contributed by atoms with Crippen LogP contribution in [0.1, 0.15) is 76.1 Å². The van der Waals surface area contributed by atoms with Gasteiger partial charge in [-0.05, 0) is 93.4 Å². The summed E-state index contributed by atoms with van der Waals surface area (Å²) >= 11 is 3.41. The molecule has 1 aromatic carbocycles. The second-order valence-electron chi connectivity index (χ2n) is 10.2. The number of hydrogen-bond acceptors (Lipinski definition) is 4. The number of carbonyl (C=O) groups excluding carboxylic acids is 2. The third-order valence-electron chi connectivity index (χ3n) is 8.30. The average Bonchev–Trinajstić information content (AvgIpc) is 2.90. The van der Waals surface area contributed by atoms with E-state index in [-0.39, 0.29) is 23.3 Å². The Kier molecular flexibility index (Phi) is 6.41. The molecule has 5 unspecified atom stereocenters. The Morgan fingerprint density at radius 3 is 2.62 bits per heavy atom. The molecular formula is C27H33BrO4. The second-order valence-corrected chi connectivity index (χ2v) is 11.1. The van der Waals surface area contributed by atoms with E-state index in [0.29, 0.717) is 30.7 Å². The molecule has 0 amide bonds. The van der Waals surface area contributed by atoms with Gasteiger partial charge >= 0.3 is 11.9 Å². The number of carbonyl (C=O) groups is 2. The zero-order valence-electron chi connectivity index (χ0n) is 19.3. The predicted octanol–water partition coefficient (Wildman–Crippen LogP) is 6.79. The highest BCUT2D eigenvalue weighted by Crippen LogP contribution is 2.53. The van der Waals surface area contributed by atoms with Crippen LogP contribution in [0, 0.1) is 17.3 Å². The molecular weight excluding hydrogens is 468 g/mol. The van der Waals surface area contributed by atoms with Crippen molar-refractivity contribution in [3.8, 4) is 0 Å². The van der Waals surface area contributed by atoms with Crippen molar-refractivity contribution in [3.05, 3.63) is 58.1 Å². The maximum absolute atomic E-state index is 13.1. The van der Waals surface area contributed by atoms with Crippen molar-refractivity contribution < 1.29 is 19.1 Å². The van der Waals surface area contributed by atoms with E-state index in [1.54, 1.807) is 12.1 Å². The highest BCUT2D eigenvalue weighted by molar-refractivity contribution is 9.10. The normalized spacial score (nSPS) is 35.2. The maximum Gasteiger partial charge on any atom is 0.338 e. The first-order valence-corrected chi connectivity index (χ1v) is 12.5. The number of rotatable bonds is 2. The summed E-state index contributed by atoms with van der Waals surface area (Å²) in [5, 5.41) is 0. The summed E-state index contributed by atoms with van der Waals surface area (Å²) in [6, 6.07) is 7.15. The van der Waals surface area contributed by atoms with E-state index in [1.807, 2.05) is 25.1 Å². The Hall–Kier alpha value is -1.88. The topological polar surface area (TPSA) is 52.6 Å². The van der Waals surface area contributed by atoms with Crippen molar-refractivity contribution >= 4 is 27.9 Å². The van der Waals surface area contributed by atoms with Gasteiger partial charge in [-0.1, -0.05) is 48.0 Å². The van der Waals surface area contributed by atoms with Gasteiger partial charge in [0, 0.05) is 10.0 Å². The largest absolute Gasteiger partial charge is 0.455 e. The van der Waals surface area contributed by atoms with E-state index < -0.39 is 11.7 Å². The van der Waals surface area contributed by atoms with Gasteiger partial charge in [-0.2, -0.15) is 0 Å². The fourth-order valence-corrected chi connectivity index (χ4v) is 5.89. The lowest BCUT2D eigenvalue weighted by molar-refractivity contribution is -0.168. The van der Waals surface area contributed by atoms with Crippen LogP contribution in [0.3, 0.4) is 0 Å². The molecule has 2 fully saturated rings. The third-order valence-corrected chi connectivity index (χ3v) is 8.83. The minimum absolute atomic E-state index is 0.0392. The van der Waals surface area contributed by atoms with Crippen LogP contribution < -0.4 is 0 Å². The number of esters is 2. The predicted molar refractivity (Wildman–Crippen MR) is 128 cm³/mol. The van der Waals surface area contributed by atoms with Crippen LogP contribution in [0.15, 0.2) is 52.5 Å². The van der Waals surface area contributed by atoms with Crippen LogP contribution in [0.2, 0.25) is 0 Å². The van der Waals surface area contributed by atoms with Gasteiger partial charge in [-0.25, -0.2) is 9.59 Å². The molecule has 3 aliphatic rings. The molecule has 32 heavy (non-hydrogen) atoms. The van der Waals surface area contributed by atoms with Crippen LogP contribution in [0.5, 0.6) is 0 Å². The smallest absolute Gasteiger partial charge is 0.338 e.